The van der Waals surface area contributed by atoms with E-state index in [0.29, 0.717) is 11.4 Å². The number of anilines is 1. The Hall–Kier alpha value is -2.73. The Morgan fingerprint density at radius 2 is 1.62 bits per heavy atom. The van der Waals surface area contributed by atoms with Crippen molar-refractivity contribution < 1.29 is 4.79 Å². The molecule has 1 amide bonds. The van der Waals surface area contributed by atoms with E-state index in [-0.39, 0.29) is 16.7 Å². The predicted octanol–water partition coefficient (Wildman–Crippen LogP) is 4.53. The van der Waals surface area contributed by atoms with Gasteiger partial charge < -0.3 is 5.32 Å². The van der Waals surface area contributed by atoms with Crippen molar-refractivity contribution >= 4 is 23.4 Å². The summed E-state index contributed by atoms with van der Waals surface area (Å²) in [6.07, 6.45) is 0. The van der Waals surface area contributed by atoms with Crippen LogP contribution in [0.4, 0.5) is 5.69 Å². The Kier molecular flexibility index (Phi) is 6.03. The molecule has 0 bridgehead atoms. The van der Waals surface area contributed by atoms with Gasteiger partial charge in [0.15, 0.2) is 0 Å². The summed E-state index contributed by atoms with van der Waals surface area (Å²) in [7, 11) is 1.82. The zero-order chi connectivity index (χ0) is 21.3. The lowest BCUT2D eigenvalue weighted by atomic mass is 10.1. The minimum Gasteiger partial charge on any atom is -0.319 e. The average Bonchev–Trinajstić information content (AvgIpc) is 2.88. The van der Waals surface area contributed by atoms with Gasteiger partial charge in [-0.15, -0.1) is 11.8 Å². The molecule has 0 aliphatic carbocycles. The first kappa shape index (κ1) is 21.0. The fourth-order valence-corrected chi connectivity index (χ4v) is 4.53. The zero-order valence-corrected chi connectivity index (χ0v) is 18.6. The van der Waals surface area contributed by atoms with Crippen molar-refractivity contribution in [3.63, 3.8) is 0 Å². The highest BCUT2D eigenvalue weighted by Crippen LogP contribution is 2.31. The van der Waals surface area contributed by atoms with Crippen molar-refractivity contribution in [2.45, 2.75) is 44.8 Å². The second-order valence-electron chi connectivity index (χ2n) is 7.41. The molecule has 29 heavy (non-hydrogen) atoms. The maximum absolute atomic E-state index is 13.0. The number of rotatable bonds is 5. The summed E-state index contributed by atoms with van der Waals surface area (Å²) >= 11 is 1.52. The second kappa shape index (κ2) is 8.33. The molecular weight excluding hydrogens is 382 g/mol. The smallest absolute Gasteiger partial charge is 0.295 e. The van der Waals surface area contributed by atoms with Crippen molar-refractivity contribution in [2.75, 3.05) is 5.32 Å². The Labute approximate surface area is 175 Å². The van der Waals surface area contributed by atoms with Gasteiger partial charge in [0, 0.05) is 11.9 Å². The average molecular weight is 410 g/mol. The minimum absolute atomic E-state index is 0.180. The first-order valence-corrected chi connectivity index (χ1v) is 10.5. The maximum atomic E-state index is 13.0. The van der Waals surface area contributed by atoms with Gasteiger partial charge in [-0.1, -0.05) is 35.9 Å². The van der Waals surface area contributed by atoms with Gasteiger partial charge in [-0.05, 0) is 57.9 Å². The number of nitrogens with one attached hydrogen (secondary N) is 1. The van der Waals surface area contributed by atoms with E-state index in [0.717, 1.165) is 21.7 Å². The van der Waals surface area contributed by atoms with E-state index in [1.54, 1.807) is 9.36 Å². The third kappa shape index (κ3) is 4.17. The van der Waals surface area contributed by atoms with Gasteiger partial charge in [0.05, 0.1) is 16.6 Å². The molecule has 3 rings (SSSR count). The van der Waals surface area contributed by atoms with Gasteiger partial charge in [0.1, 0.15) is 5.69 Å². The normalized spacial score (nSPS) is 12.1. The first-order valence-electron chi connectivity index (χ1n) is 9.60. The van der Waals surface area contributed by atoms with Crippen molar-refractivity contribution in [1.82, 2.24) is 9.36 Å². The second-order valence-corrected chi connectivity index (χ2v) is 8.76. The van der Waals surface area contributed by atoms with Crippen LogP contribution in [0, 0.1) is 27.7 Å². The number of nitrogens with zero attached hydrogens (tertiary/aromatic N) is 2. The van der Waals surface area contributed by atoms with Gasteiger partial charge in [-0.2, -0.15) is 0 Å². The summed E-state index contributed by atoms with van der Waals surface area (Å²) in [5.41, 5.74) is 5.10. The molecule has 0 fully saturated rings. The predicted molar refractivity (Wildman–Crippen MR) is 120 cm³/mol. The van der Waals surface area contributed by atoms with E-state index in [4.69, 9.17) is 0 Å². The number of hydrogen-bond donors (Lipinski definition) is 1. The minimum atomic E-state index is -0.334. The zero-order valence-electron chi connectivity index (χ0n) is 17.7. The number of para-hydroxylation sites is 1. The highest BCUT2D eigenvalue weighted by molar-refractivity contribution is 8.00. The molecule has 0 saturated carbocycles. The Balaban J connectivity index is 1.85. The number of aryl methyl sites for hydroxylation is 3. The summed E-state index contributed by atoms with van der Waals surface area (Å²) < 4.78 is 3.33. The van der Waals surface area contributed by atoms with Crippen LogP contribution >= 0.6 is 11.8 Å². The number of hydrogen-bond acceptors (Lipinski definition) is 3. The van der Waals surface area contributed by atoms with Gasteiger partial charge >= 0.3 is 0 Å². The van der Waals surface area contributed by atoms with Crippen LogP contribution in [0.5, 0.6) is 0 Å². The summed E-state index contributed by atoms with van der Waals surface area (Å²) in [5, 5.41) is 2.53. The molecular formula is C23H27N3O2S. The topological polar surface area (TPSA) is 56.0 Å². The first-order chi connectivity index (χ1) is 13.7. The number of benzene rings is 2. The molecule has 1 N–H and O–H groups in total. The molecule has 152 valence electrons. The summed E-state index contributed by atoms with van der Waals surface area (Å²) in [6.45, 7) is 9.90. The van der Waals surface area contributed by atoms with Crippen molar-refractivity contribution in [1.29, 1.82) is 0 Å². The summed E-state index contributed by atoms with van der Waals surface area (Å²) in [5.74, 6) is -0.180. The molecule has 0 unspecified atom stereocenters. The maximum Gasteiger partial charge on any atom is 0.295 e. The monoisotopic (exact) mass is 409 g/mol. The van der Waals surface area contributed by atoms with Crippen LogP contribution < -0.4 is 10.9 Å². The van der Waals surface area contributed by atoms with Gasteiger partial charge in [-0.3, -0.25) is 14.3 Å². The lowest BCUT2D eigenvalue weighted by Crippen LogP contribution is -2.27. The quantitative estimate of drug-likeness (QED) is 0.630. The van der Waals surface area contributed by atoms with Crippen LogP contribution in [0.15, 0.2) is 52.2 Å². The van der Waals surface area contributed by atoms with Crippen LogP contribution in [0.3, 0.4) is 0 Å². The number of carbonyl (C=O) groups is 1. The van der Waals surface area contributed by atoms with Crippen LogP contribution in [0.2, 0.25) is 0 Å². The highest BCUT2D eigenvalue weighted by atomic mass is 32.2. The SMILES string of the molecule is Cc1cc(C)c(S[C@H](C)C(=O)Nc2c(C)n(C)n(-c3ccccc3)c2=O)c(C)c1. The van der Waals surface area contributed by atoms with Crippen LogP contribution in [-0.4, -0.2) is 20.5 Å². The molecule has 6 heteroatoms. The molecule has 5 nitrogen and oxygen atoms in total. The Morgan fingerprint density at radius 1 is 1.03 bits per heavy atom. The van der Waals surface area contributed by atoms with Crippen LogP contribution in [0.25, 0.3) is 5.69 Å². The molecule has 1 atom stereocenters. The van der Waals surface area contributed by atoms with E-state index in [9.17, 15) is 9.59 Å². The van der Waals surface area contributed by atoms with E-state index >= 15 is 0 Å². The standard InChI is InChI=1S/C23H27N3O2S/c1-14-12-15(2)21(16(3)13-14)29-18(5)22(27)24-20-17(4)25(6)26(23(20)28)19-10-8-7-9-11-19/h7-13,18H,1-6H3,(H,24,27)/t18-/m1/s1. The lowest BCUT2D eigenvalue weighted by Gasteiger charge is -2.15. The van der Waals surface area contributed by atoms with Crippen molar-refractivity contribution in [3.8, 4) is 5.69 Å². The van der Waals surface area contributed by atoms with Crippen molar-refractivity contribution in [2.24, 2.45) is 7.05 Å². The summed E-state index contributed by atoms with van der Waals surface area (Å²) in [6, 6.07) is 13.7. The molecule has 3 aromatic rings. The van der Waals surface area contributed by atoms with Gasteiger partial charge in [0.25, 0.3) is 5.56 Å². The molecule has 0 spiro atoms. The van der Waals surface area contributed by atoms with E-state index in [2.05, 4.69) is 38.2 Å². The van der Waals surface area contributed by atoms with Gasteiger partial charge in [-0.25, -0.2) is 4.68 Å². The number of amides is 1. The molecule has 0 saturated heterocycles. The molecule has 0 radical (unpaired) electrons. The van der Waals surface area contributed by atoms with E-state index in [1.165, 1.54) is 17.3 Å². The molecule has 1 aromatic heterocycles. The highest BCUT2D eigenvalue weighted by Gasteiger charge is 2.22. The van der Waals surface area contributed by atoms with Crippen molar-refractivity contribution in [3.05, 3.63) is 75.2 Å². The molecule has 0 aliphatic rings. The largest absolute Gasteiger partial charge is 0.319 e. The molecule has 1 heterocycles. The molecule has 0 aliphatic heterocycles. The fourth-order valence-electron chi connectivity index (χ4n) is 3.52. The van der Waals surface area contributed by atoms with Gasteiger partial charge in [0.2, 0.25) is 5.91 Å². The third-order valence-electron chi connectivity index (χ3n) is 5.07. The number of thioether (sulfide) groups is 1. The summed E-state index contributed by atoms with van der Waals surface area (Å²) in [4.78, 5) is 27.0. The van der Waals surface area contributed by atoms with E-state index in [1.807, 2.05) is 51.2 Å². The molecule has 2 aromatic carbocycles. The fraction of sp³-hybridized carbons (Fsp3) is 0.304. The lowest BCUT2D eigenvalue weighted by molar-refractivity contribution is -0.115. The third-order valence-corrected chi connectivity index (χ3v) is 6.52. The Bertz CT molecular complexity index is 1090. The van der Waals surface area contributed by atoms with Crippen LogP contribution in [0.1, 0.15) is 29.3 Å². The van der Waals surface area contributed by atoms with Crippen LogP contribution in [-0.2, 0) is 11.8 Å². The number of aromatic nitrogens is 2. The number of carbonyl (C=O) groups excluding carboxylic acids is 1. The van der Waals surface area contributed by atoms with E-state index < -0.39 is 0 Å². The Morgan fingerprint density at radius 3 is 2.21 bits per heavy atom.